The quantitative estimate of drug-likeness (QED) is 0.140. The van der Waals surface area contributed by atoms with E-state index in [1.807, 2.05) is 0 Å². The largest absolute Gasteiger partial charge is 0.497 e. The normalized spacial score (nSPS) is 10.6. The van der Waals surface area contributed by atoms with Crippen molar-refractivity contribution in [2.24, 2.45) is 5.10 Å². The Balaban J connectivity index is 1.61. The van der Waals surface area contributed by atoms with E-state index in [0.29, 0.717) is 40.5 Å². The molecule has 0 radical (unpaired) electrons. The number of hydrogen-bond donors (Lipinski definition) is 1. The monoisotopic (exact) mass is 476 g/mol. The van der Waals surface area contributed by atoms with Crippen LogP contribution in [0.2, 0.25) is 0 Å². The Morgan fingerprint density at radius 2 is 1.69 bits per heavy atom. The van der Waals surface area contributed by atoms with Crippen LogP contribution in [0, 0.1) is 0 Å². The van der Waals surface area contributed by atoms with Crippen molar-refractivity contribution in [2.75, 3.05) is 20.8 Å². The zero-order chi connectivity index (χ0) is 25.0. The lowest BCUT2D eigenvalue weighted by Crippen LogP contribution is -2.17. The van der Waals surface area contributed by atoms with Crippen LogP contribution in [0.4, 0.5) is 0 Å². The first-order valence-electron chi connectivity index (χ1n) is 11.1. The van der Waals surface area contributed by atoms with Gasteiger partial charge in [0, 0.05) is 5.56 Å². The highest BCUT2D eigenvalue weighted by atomic mass is 16.6. The second-order valence-electron chi connectivity index (χ2n) is 7.46. The summed E-state index contributed by atoms with van der Waals surface area (Å²) in [7, 11) is 3.00. The van der Waals surface area contributed by atoms with E-state index in [-0.39, 0.29) is 11.7 Å². The summed E-state index contributed by atoms with van der Waals surface area (Å²) in [6, 6.07) is 18.5. The Labute approximate surface area is 204 Å². The van der Waals surface area contributed by atoms with Crippen LogP contribution in [0.5, 0.6) is 23.0 Å². The molecule has 3 rings (SSSR count). The van der Waals surface area contributed by atoms with Crippen molar-refractivity contribution in [1.29, 1.82) is 0 Å². The van der Waals surface area contributed by atoms with Gasteiger partial charge in [0.1, 0.15) is 11.5 Å². The van der Waals surface area contributed by atoms with Gasteiger partial charge < -0.3 is 18.9 Å². The molecule has 0 aliphatic carbocycles. The number of amides is 1. The van der Waals surface area contributed by atoms with Gasteiger partial charge in [-0.05, 0) is 72.6 Å². The van der Waals surface area contributed by atoms with Crippen molar-refractivity contribution in [1.82, 2.24) is 5.43 Å². The minimum atomic E-state index is -0.518. The first-order valence-corrected chi connectivity index (χ1v) is 11.1. The molecule has 0 aliphatic rings. The predicted molar refractivity (Wildman–Crippen MR) is 133 cm³/mol. The number of methoxy groups -OCH3 is 2. The molecule has 0 saturated carbocycles. The average Bonchev–Trinajstić information content (AvgIpc) is 2.89. The summed E-state index contributed by atoms with van der Waals surface area (Å²) >= 11 is 0. The van der Waals surface area contributed by atoms with E-state index >= 15 is 0 Å². The van der Waals surface area contributed by atoms with Gasteiger partial charge in [-0.2, -0.15) is 5.10 Å². The maximum atomic E-state index is 12.6. The lowest BCUT2D eigenvalue weighted by atomic mass is 10.2. The number of esters is 1. The molecule has 182 valence electrons. The van der Waals surface area contributed by atoms with Gasteiger partial charge in [-0.1, -0.05) is 19.4 Å². The summed E-state index contributed by atoms with van der Waals surface area (Å²) in [5, 5.41) is 3.98. The molecule has 0 atom stereocenters. The number of nitrogens with one attached hydrogen (secondary N) is 1. The molecular weight excluding hydrogens is 448 g/mol. The number of rotatable bonds is 11. The predicted octanol–water partition coefficient (Wildman–Crippen LogP) is 4.87. The van der Waals surface area contributed by atoms with Crippen molar-refractivity contribution in [3.8, 4) is 23.0 Å². The molecule has 3 aromatic carbocycles. The molecule has 35 heavy (non-hydrogen) atoms. The Kier molecular flexibility index (Phi) is 9.24. The van der Waals surface area contributed by atoms with E-state index in [1.54, 1.807) is 66.7 Å². The first-order chi connectivity index (χ1) is 17.0. The fourth-order valence-corrected chi connectivity index (χ4v) is 3.02. The molecule has 1 amide bonds. The van der Waals surface area contributed by atoms with Crippen molar-refractivity contribution in [2.45, 2.75) is 19.8 Å². The van der Waals surface area contributed by atoms with E-state index in [4.69, 9.17) is 18.9 Å². The number of carbonyl (C=O) groups is 2. The summed E-state index contributed by atoms with van der Waals surface area (Å²) in [6.45, 7) is 2.73. The average molecular weight is 477 g/mol. The lowest BCUT2D eigenvalue weighted by molar-refractivity contribution is 0.0729. The highest BCUT2D eigenvalue weighted by Gasteiger charge is 2.13. The summed E-state index contributed by atoms with van der Waals surface area (Å²) in [6.07, 6.45) is 3.48. The zero-order valence-electron chi connectivity index (χ0n) is 19.9. The Morgan fingerprint density at radius 1 is 0.886 bits per heavy atom. The van der Waals surface area contributed by atoms with E-state index in [1.165, 1.54) is 20.4 Å². The van der Waals surface area contributed by atoms with E-state index in [9.17, 15) is 9.59 Å². The Hall–Kier alpha value is -4.33. The van der Waals surface area contributed by atoms with Gasteiger partial charge in [0.05, 0.1) is 32.6 Å². The van der Waals surface area contributed by atoms with Crippen LogP contribution in [-0.4, -0.2) is 38.9 Å². The molecule has 0 spiro atoms. The minimum Gasteiger partial charge on any atom is -0.497 e. The van der Waals surface area contributed by atoms with Crippen molar-refractivity contribution in [3.05, 3.63) is 83.4 Å². The standard InChI is InChI=1S/C27H28N2O6/c1-4-5-15-34-22-12-10-20(11-13-22)27(31)35-24-14-9-19(16-25(24)33-3)18-28-29-26(30)21-7-6-8-23(17-21)32-2/h6-14,16-18H,4-5,15H2,1-3H3,(H,29,30)/b28-18-. The molecule has 0 aromatic heterocycles. The molecule has 8 nitrogen and oxygen atoms in total. The van der Waals surface area contributed by atoms with Crippen molar-refractivity contribution >= 4 is 18.1 Å². The van der Waals surface area contributed by atoms with Crippen LogP contribution < -0.4 is 24.4 Å². The lowest BCUT2D eigenvalue weighted by Gasteiger charge is -2.10. The van der Waals surface area contributed by atoms with Gasteiger partial charge in [0.25, 0.3) is 5.91 Å². The van der Waals surface area contributed by atoms with Gasteiger partial charge >= 0.3 is 5.97 Å². The fourth-order valence-electron chi connectivity index (χ4n) is 3.02. The second-order valence-corrected chi connectivity index (χ2v) is 7.46. The van der Waals surface area contributed by atoms with Gasteiger partial charge in [-0.15, -0.1) is 0 Å². The van der Waals surface area contributed by atoms with Crippen LogP contribution in [0.1, 0.15) is 46.0 Å². The van der Waals surface area contributed by atoms with E-state index in [2.05, 4.69) is 17.5 Å². The highest BCUT2D eigenvalue weighted by Crippen LogP contribution is 2.28. The second kappa shape index (κ2) is 12.8. The molecule has 1 N–H and O–H groups in total. The van der Waals surface area contributed by atoms with Gasteiger partial charge in [0.2, 0.25) is 0 Å². The third kappa shape index (κ3) is 7.33. The third-order valence-electron chi connectivity index (χ3n) is 4.96. The molecule has 0 unspecified atom stereocenters. The van der Waals surface area contributed by atoms with Crippen LogP contribution in [-0.2, 0) is 0 Å². The maximum Gasteiger partial charge on any atom is 0.343 e. The molecule has 3 aromatic rings. The summed E-state index contributed by atoms with van der Waals surface area (Å²) < 4.78 is 21.6. The first kappa shape index (κ1) is 25.3. The van der Waals surface area contributed by atoms with Gasteiger partial charge in [0.15, 0.2) is 11.5 Å². The van der Waals surface area contributed by atoms with Crippen molar-refractivity contribution in [3.63, 3.8) is 0 Å². The summed E-state index contributed by atoms with van der Waals surface area (Å²) in [5.74, 6) is 0.997. The number of unbranched alkanes of at least 4 members (excludes halogenated alkanes) is 1. The topological polar surface area (TPSA) is 95.5 Å². The summed E-state index contributed by atoms with van der Waals surface area (Å²) in [5.41, 5.74) is 3.91. The number of hydrogen-bond acceptors (Lipinski definition) is 7. The van der Waals surface area contributed by atoms with Gasteiger partial charge in [-0.3, -0.25) is 4.79 Å². The molecule has 0 saturated heterocycles. The molecule has 0 aliphatic heterocycles. The van der Waals surface area contributed by atoms with E-state index in [0.717, 1.165) is 12.8 Å². The number of ether oxygens (including phenoxy) is 4. The smallest absolute Gasteiger partial charge is 0.343 e. The minimum absolute atomic E-state index is 0.262. The van der Waals surface area contributed by atoms with Crippen LogP contribution in [0.3, 0.4) is 0 Å². The summed E-state index contributed by atoms with van der Waals surface area (Å²) in [4.78, 5) is 24.8. The molecular formula is C27H28N2O6. The molecule has 0 heterocycles. The molecule has 0 fully saturated rings. The number of carbonyl (C=O) groups excluding carboxylic acids is 2. The fraction of sp³-hybridized carbons (Fsp3) is 0.222. The SMILES string of the molecule is CCCCOc1ccc(C(=O)Oc2ccc(/C=N\NC(=O)c3cccc(OC)c3)cc2OC)cc1. The third-order valence-corrected chi connectivity index (χ3v) is 4.96. The number of benzene rings is 3. The zero-order valence-corrected chi connectivity index (χ0v) is 19.9. The molecule has 0 bridgehead atoms. The number of hydrazone groups is 1. The maximum absolute atomic E-state index is 12.6. The Morgan fingerprint density at radius 3 is 2.40 bits per heavy atom. The van der Waals surface area contributed by atoms with Crippen LogP contribution in [0.15, 0.2) is 71.8 Å². The number of nitrogens with zero attached hydrogens (tertiary/aromatic N) is 1. The van der Waals surface area contributed by atoms with E-state index < -0.39 is 5.97 Å². The highest BCUT2D eigenvalue weighted by molar-refractivity contribution is 5.95. The van der Waals surface area contributed by atoms with Crippen LogP contribution in [0.25, 0.3) is 0 Å². The van der Waals surface area contributed by atoms with Crippen LogP contribution >= 0.6 is 0 Å². The Bertz CT molecular complexity index is 1170. The molecule has 8 heteroatoms. The van der Waals surface area contributed by atoms with Gasteiger partial charge in [-0.25, -0.2) is 10.2 Å². The van der Waals surface area contributed by atoms with Crippen molar-refractivity contribution < 1.29 is 28.5 Å².